The smallest absolute Gasteiger partial charge is 0.125 e. The third-order valence-corrected chi connectivity index (χ3v) is 3.63. The Hall–Kier alpha value is -1.59. The average molecular weight is 261 g/mol. The number of thioether (sulfide) groups is 1. The van der Waals surface area contributed by atoms with E-state index in [0.717, 1.165) is 10.9 Å². The highest BCUT2D eigenvalue weighted by Gasteiger charge is 2.13. The van der Waals surface area contributed by atoms with E-state index >= 15 is 0 Å². The van der Waals surface area contributed by atoms with Gasteiger partial charge in [0.1, 0.15) is 10.9 Å². The van der Waals surface area contributed by atoms with E-state index in [0.29, 0.717) is 10.6 Å². The van der Waals surface area contributed by atoms with Gasteiger partial charge in [0, 0.05) is 16.2 Å². The van der Waals surface area contributed by atoms with Gasteiger partial charge in [0.25, 0.3) is 0 Å². The summed E-state index contributed by atoms with van der Waals surface area (Å²) in [6.07, 6.45) is 0. The first-order valence-electron chi connectivity index (χ1n) is 5.63. The summed E-state index contributed by atoms with van der Waals surface area (Å²) >= 11 is 1.43. The number of nitrogens with zero attached hydrogens (tertiary/aromatic N) is 1. The van der Waals surface area contributed by atoms with Gasteiger partial charge in [-0.1, -0.05) is 25.1 Å². The van der Waals surface area contributed by atoms with Crippen molar-refractivity contribution in [3.63, 3.8) is 0 Å². The first-order valence-corrected chi connectivity index (χ1v) is 6.51. The number of nitrogen functional groups attached to an aromatic ring is 1. The van der Waals surface area contributed by atoms with Crippen molar-refractivity contribution < 1.29 is 5.11 Å². The maximum absolute atomic E-state index is 9.11. The predicted molar refractivity (Wildman–Crippen MR) is 75.2 cm³/mol. The molecule has 1 aromatic carbocycles. The van der Waals surface area contributed by atoms with Crippen LogP contribution in [0.1, 0.15) is 12.5 Å². The van der Waals surface area contributed by atoms with Crippen LogP contribution in [0.25, 0.3) is 10.9 Å². The van der Waals surface area contributed by atoms with Crippen molar-refractivity contribution in [1.82, 2.24) is 4.98 Å². The van der Waals surface area contributed by atoms with Gasteiger partial charge in [-0.05, 0) is 12.1 Å². The fourth-order valence-electron chi connectivity index (χ4n) is 1.61. The van der Waals surface area contributed by atoms with Crippen LogP contribution in [-0.2, 0) is 0 Å². The number of aliphatic hydroxyl groups excluding tert-OH is 1. The molecular formula is C13H15N3OS. The largest absolute Gasteiger partial charge is 0.395 e. The quantitative estimate of drug-likeness (QED) is 0.446. The second kappa shape index (κ2) is 5.37. The number of aliphatic hydroxyl groups is 1. The Morgan fingerprint density at radius 1 is 1.50 bits per heavy atom. The van der Waals surface area contributed by atoms with Crippen LogP contribution in [0, 0.1) is 5.41 Å². The number of para-hydroxylation sites is 1. The number of amidine groups is 1. The third-order valence-electron chi connectivity index (χ3n) is 2.55. The minimum atomic E-state index is 0.000827. The number of hydrogen-bond acceptors (Lipinski definition) is 4. The second-order valence-corrected chi connectivity index (χ2v) is 5.49. The monoisotopic (exact) mass is 261 g/mol. The zero-order chi connectivity index (χ0) is 13.1. The molecular weight excluding hydrogens is 246 g/mol. The van der Waals surface area contributed by atoms with Crippen LogP contribution >= 0.6 is 11.8 Å². The molecule has 5 heteroatoms. The van der Waals surface area contributed by atoms with Gasteiger partial charge >= 0.3 is 0 Å². The van der Waals surface area contributed by atoms with E-state index in [1.807, 2.05) is 37.3 Å². The average Bonchev–Trinajstić information content (AvgIpc) is 2.37. The molecule has 2 aromatic rings. The molecule has 4 nitrogen and oxygen atoms in total. The standard InChI is InChI=1S/C13H15N3OS/c1-8(7-17)18-13-10(12(14)15)6-9-4-2-3-5-11(9)16-13/h2-6,8,17H,7H2,1H3,(H3,14,15). The molecule has 18 heavy (non-hydrogen) atoms. The lowest BCUT2D eigenvalue weighted by molar-refractivity contribution is 0.300. The number of aromatic nitrogens is 1. The van der Waals surface area contributed by atoms with Crippen LogP contribution in [0.2, 0.25) is 0 Å². The molecule has 2 rings (SSSR count). The molecule has 0 aliphatic heterocycles. The van der Waals surface area contributed by atoms with E-state index in [1.165, 1.54) is 11.8 Å². The van der Waals surface area contributed by atoms with E-state index in [-0.39, 0.29) is 17.7 Å². The number of pyridine rings is 1. The van der Waals surface area contributed by atoms with Crippen LogP contribution in [0.3, 0.4) is 0 Å². The molecule has 0 saturated heterocycles. The molecule has 1 atom stereocenters. The fourth-order valence-corrected chi connectivity index (χ4v) is 2.51. The third kappa shape index (κ3) is 2.63. The summed E-state index contributed by atoms with van der Waals surface area (Å²) in [6, 6.07) is 9.59. The Morgan fingerprint density at radius 2 is 2.22 bits per heavy atom. The van der Waals surface area contributed by atoms with Gasteiger partial charge in [-0.15, -0.1) is 11.8 Å². The van der Waals surface area contributed by atoms with Crippen molar-refractivity contribution in [3.8, 4) is 0 Å². The van der Waals surface area contributed by atoms with Crippen LogP contribution in [0.5, 0.6) is 0 Å². The van der Waals surface area contributed by atoms with Gasteiger partial charge in [-0.2, -0.15) is 0 Å². The molecule has 94 valence electrons. The molecule has 1 unspecified atom stereocenters. The Bertz CT molecular complexity index is 585. The zero-order valence-electron chi connectivity index (χ0n) is 10.1. The first kappa shape index (κ1) is 12.9. The fraction of sp³-hybridized carbons (Fsp3) is 0.231. The summed E-state index contributed by atoms with van der Waals surface area (Å²) < 4.78 is 0. The van der Waals surface area contributed by atoms with Crippen molar-refractivity contribution in [3.05, 3.63) is 35.9 Å². The number of hydrogen-bond donors (Lipinski definition) is 3. The maximum atomic E-state index is 9.11. The lowest BCUT2D eigenvalue weighted by atomic mass is 10.1. The first-order chi connectivity index (χ1) is 8.61. The lowest BCUT2D eigenvalue weighted by Gasteiger charge is -2.12. The van der Waals surface area contributed by atoms with Crippen LogP contribution < -0.4 is 5.73 Å². The summed E-state index contributed by atoms with van der Waals surface area (Å²) in [6.45, 7) is 1.97. The molecule has 4 N–H and O–H groups in total. The summed E-state index contributed by atoms with van der Waals surface area (Å²) in [5.41, 5.74) is 7.08. The van der Waals surface area contributed by atoms with Crippen molar-refractivity contribution in [2.75, 3.05) is 6.61 Å². The Labute approximate surface area is 110 Å². The molecule has 0 bridgehead atoms. The highest BCUT2D eigenvalue weighted by molar-refractivity contribution is 7.99. The van der Waals surface area contributed by atoms with Crippen molar-refractivity contribution in [2.45, 2.75) is 17.2 Å². The van der Waals surface area contributed by atoms with Gasteiger partial charge in [0.15, 0.2) is 0 Å². The summed E-state index contributed by atoms with van der Waals surface area (Å²) in [7, 11) is 0. The molecule has 0 amide bonds. The van der Waals surface area contributed by atoms with Gasteiger partial charge in [-0.25, -0.2) is 4.98 Å². The normalized spacial score (nSPS) is 12.6. The number of nitrogens with two attached hydrogens (primary N) is 1. The zero-order valence-corrected chi connectivity index (χ0v) is 10.9. The molecule has 0 aliphatic rings. The number of nitrogens with one attached hydrogen (secondary N) is 1. The molecule has 1 heterocycles. The van der Waals surface area contributed by atoms with Gasteiger partial charge in [0.2, 0.25) is 0 Å². The summed E-state index contributed by atoms with van der Waals surface area (Å²) in [4.78, 5) is 4.52. The van der Waals surface area contributed by atoms with Crippen molar-refractivity contribution in [1.29, 1.82) is 5.41 Å². The number of fused-ring (bicyclic) bond motifs is 1. The van der Waals surface area contributed by atoms with E-state index in [4.69, 9.17) is 16.2 Å². The minimum absolute atomic E-state index is 0.000827. The highest BCUT2D eigenvalue weighted by atomic mass is 32.2. The summed E-state index contributed by atoms with van der Waals surface area (Å²) in [5, 5.41) is 18.4. The van der Waals surface area contributed by atoms with Gasteiger partial charge in [0.05, 0.1) is 12.1 Å². The van der Waals surface area contributed by atoms with Crippen molar-refractivity contribution >= 4 is 28.5 Å². The van der Waals surface area contributed by atoms with Crippen LogP contribution in [-0.4, -0.2) is 27.8 Å². The van der Waals surface area contributed by atoms with E-state index < -0.39 is 0 Å². The highest BCUT2D eigenvalue weighted by Crippen LogP contribution is 2.27. The second-order valence-electron chi connectivity index (χ2n) is 4.06. The van der Waals surface area contributed by atoms with Crippen LogP contribution in [0.4, 0.5) is 0 Å². The van der Waals surface area contributed by atoms with E-state index in [2.05, 4.69) is 4.98 Å². The maximum Gasteiger partial charge on any atom is 0.125 e. The lowest BCUT2D eigenvalue weighted by Crippen LogP contribution is -2.14. The molecule has 0 spiro atoms. The molecule has 1 aromatic heterocycles. The molecule has 0 saturated carbocycles. The Morgan fingerprint density at radius 3 is 2.89 bits per heavy atom. The Kier molecular flexibility index (Phi) is 3.84. The van der Waals surface area contributed by atoms with Crippen LogP contribution in [0.15, 0.2) is 35.4 Å². The summed E-state index contributed by atoms with van der Waals surface area (Å²) in [5.74, 6) is 0.000827. The predicted octanol–water partition coefficient (Wildman–Crippen LogP) is 1.99. The minimum Gasteiger partial charge on any atom is -0.395 e. The molecule has 0 fully saturated rings. The SMILES string of the molecule is CC(CO)Sc1nc2ccccc2cc1C(=N)N. The van der Waals surface area contributed by atoms with Crippen molar-refractivity contribution in [2.24, 2.45) is 5.73 Å². The van der Waals surface area contributed by atoms with Gasteiger partial charge < -0.3 is 10.8 Å². The molecule has 0 radical (unpaired) electrons. The van der Waals surface area contributed by atoms with E-state index in [1.54, 1.807) is 0 Å². The Balaban J connectivity index is 2.54. The number of benzene rings is 1. The molecule has 0 aliphatic carbocycles. The van der Waals surface area contributed by atoms with Gasteiger partial charge in [-0.3, -0.25) is 5.41 Å². The topological polar surface area (TPSA) is 83.0 Å². The number of rotatable bonds is 4. The van der Waals surface area contributed by atoms with E-state index in [9.17, 15) is 0 Å².